The molecule has 0 spiro atoms. The number of aromatic nitrogens is 1. The Labute approximate surface area is 93.7 Å². The maximum Gasteiger partial charge on any atom is 0.120 e. The molecule has 0 fully saturated rings. The Kier molecular flexibility index (Phi) is 4.21. The number of nitrogens with zero attached hydrogens (tertiary/aromatic N) is 2. The molecule has 1 heterocycles. The van der Waals surface area contributed by atoms with Crippen LogP contribution >= 0.6 is 15.9 Å². The van der Waals surface area contributed by atoms with Crippen molar-refractivity contribution in [1.82, 2.24) is 4.57 Å². The van der Waals surface area contributed by atoms with Gasteiger partial charge in [0.2, 0.25) is 0 Å². The second kappa shape index (κ2) is 5.21. The first-order valence-corrected chi connectivity index (χ1v) is 5.92. The topological polar surface area (TPSA) is 28.7 Å². The molecule has 0 saturated heterocycles. The lowest BCUT2D eigenvalue weighted by molar-refractivity contribution is 0.373. The molecule has 0 aliphatic carbocycles. The van der Waals surface area contributed by atoms with Crippen molar-refractivity contribution in [2.24, 2.45) is 11.8 Å². The molecule has 14 heavy (non-hydrogen) atoms. The van der Waals surface area contributed by atoms with E-state index in [1.165, 1.54) is 0 Å². The third-order valence-corrected chi connectivity index (χ3v) is 3.35. The Bertz CT molecular complexity index is 322. The molecule has 1 rings (SSSR count). The Hall–Kier alpha value is -0.750. The van der Waals surface area contributed by atoms with Crippen molar-refractivity contribution in [2.45, 2.75) is 20.4 Å². The van der Waals surface area contributed by atoms with E-state index in [1.807, 2.05) is 22.9 Å². The summed E-state index contributed by atoms with van der Waals surface area (Å²) in [5.41, 5.74) is 0.747. The minimum Gasteiger partial charge on any atom is -0.339 e. The van der Waals surface area contributed by atoms with Crippen LogP contribution in [0.1, 0.15) is 19.5 Å². The molecule has 0 saturated carbocycles. The van der Waals surface area contributed by atoms with Crippen LogP contribution in [0.15, 0.2) is 18.3 Å². The minimum absolute atomic E-state index is 0.578. The van der Waals surface area contributed by atoms with Gasteiger partial charge in [-0.25, -0.2) is 0 Å². The summed E-state index contributed by atoms with van der Waals surface area (Å²) < 4.78 is 2.02. The molecule has 0 N–H and O–H groups in total. The van der Waals surface area contributed by atoms with Crippen LogP contribution in [0.2, 0.25) is 0 Å². The van der Waals surface area contributed by atoms with Gasteiger partial charge in [0.05, 0.1) is 0 Å². The van der Waals surface area contributed by atoms with Crippen LogP contribution in [0.25, 0.3) is 0 Å². The quantitative estimate of drug-likeness (QED) is 0.760. The fraction of sp³-hybridized carbons (Fsp3) is 0.545. The van der Waals surface area contributed by atoms with Gasteiger partial charge >= 0.3 is 0 Å². The zero-order valence-electron chi connectivity index (χ0n) is 8.57. The first-order chi connectivity index (χ1) is 6.69. The smallest absolute Gasteiger partial charge is 0.120 e. The minimum atomic E-state index is 0.578. The van der Waals surface area contributed by atoms with E-state index in [4.69, 9.17) is 5.26 Å². The molecular weight excluding hydrogens is 240 g/mol. The van der Waals surface area contributed by atoms with Gasteiger partial charge in [0.25, 0.3) is 0 Å². The number of nitriles is 1. The Morgan fingerprint density at radius 1 is 1.57 bits per heavy atom. The van der Waals surface area contributed by atoms with Gasteiger partial charge < -0.3 is 4.57 Å². The molecular formula is C11H15BrN2. The second-order valence-corrected chi connectivity index (χ2v) is 4.46. The van der Waals surface area contributed by atoms with E-state index in [0.717, 1.165) is 17.6 Å². The highest BCUT2D eigenvalue weighted by Crippen LogP contribution is 2.17. The van der Waals surface area contributed by atoms with Crippen molar-refractivity contribution in [2.75, 3.05) is 5.33 Å². The van der Waals surface area contributed by atoms with Gasteiger partial charge in [0.1, 0.15) is 11.8 Å². The molecule has 3 heteroatoms. The third kappa shape index (κ3) is 2.62. The molecule has 0 aliphatic rings. The molecule has 0 amide bonds. The Balaban J connectivity index is 2.72. The number of alkyl halides is 1. The van der Waals surface area contributed by atoms with Crippen LogP contribution in [-0.2, 0) is 6.54 Å². The number of hydrogen-bond donors (Lipinski definition) is 0. The van der Waals surface area contributed by atoms with Gasteiger partial charge in [-0.2, -0.15) is 5.26 Å². The molecule has 1 aromatic rings. The zero-order valence-corrected chi connectivity index (χ0v) is 10.2. The van der Waals surface area contributed by atoms with Crippen LogP contribution in [0, 0.1) is 23.2 Å². The summed E-state index contributed by atoms with van der Waals surface area (Å²) in [4.78, 5) is 0. The van der Waals surface area contributed by atoms with E-state index < -0.39 is 0 Å². The number of rotatable bonds is 4. The molecule has 0 bridgehead atoms. The summed E-state index contributed by atoms with van der Waals surface area (Å²) in [5, 5.41) is 9.83. The van der Waals surface area contributed by atoms with Crippen LogP contribution < -0.4 is 0 Å². The van der Waals surface area contributed by atoms with Crippen LogP contribution in [0.3, 0.4) is 0 Å². The van der Waals surface area contributed by atoms with E-state index in [-0.39, 0.29) is 0 Å². The normalized spacial score (nSPS) is 12.8. The van der Waals surface area contributed by atoms with Crippen molar-refractivity contribution in [3.8, 4) is 6.07 Å². The van der Waals surface area contributed by atoms with Gasteiger partial charge in [0.15, 0.2) is 0 Å². The lowest BCUT2D eigenvalue weighted by atomic mass is 9.98. The Morgan fingerprint density at radius 2 is 2.29 bits per heavy atom. The fourth-order valence-electron chi connectivity index (χ4n) is 1.37. The summed E-state index contributed by atoms with van der Waals surface area (Å²) in [6, 6.07) is 5.97. The highest BCUT2D eigenvalue weighted by molar-refractivity contribution is 9.09. The summed E-state index contributed by atoms with van der Waals surface area (Å²) in [7, 11) is 0. The van der Waals surface area contributed by atoms with E-state index in [2.05, 4.69) is 35.8 Å². The van der Waals surface area contributed by atoms with Gasteiger partial charge in [-0.3, -0.25) is 0 Å². The van der Waals surface area contributed by atoms with Crippen molar-refractivity contribution in [3.05, 3.63) is 24.0 Å². The summed E-state index contributed by atoms with van der Waals surface area (Å²) in [6.07, 6.45) is 1.97. The second-order valence-electron chi connectivity index (χ2n) is 3.82. The SMILES string of the molecule is CC(C)C(CBr)Cn1cccc1C#N. The molecule has 0 aliphatic heterocycles. The van der Waals surface area contributed by atoms with Crippen LogP contribution in [0.4, 0.5) is 0 Å². The highest BCUT2D eigenvalue weighted by atomic mass is 79.9. The lowest BCUT2D eigenvalue weighted by Gasteiger charge is -2.19. The predicted molar refractivity (Wildman–Crippen MR) is 61.3 cm³/mol. The maximum atomic E-state index is 8.85. The third-order valence-electron chi connectivity index (χ3n) is 2.52. The number of hydrogen-bond acceptors (Lipinski definition) is 1. The number of halogens is 1. The van der Waals surface area contributed by atoms with Crippen molar-refractivity contribution in [3.63, 3.8) is 0 Å². The monoisotopic (exact) mass is 254 g/mol. The van der Waals surface area contributed by atoms with Gasteiger partial charge in [-0.05, 0) is 24.0 Å². The van der Waals surface area contributed by atoms with Gasteiger partial charge in [-0.1, -0.05) is 29.8 Å². The van der Waals surface area contributed by atoms with Crippen molar-refractivity contribution in [1.29, 1.82) is 5.26 Å². The zero-order chi connectivity index (χ0) is 10.6. The standard InChI is InChI=1S/C11H15BrN2/c1-9(2)10(6-12)8-14-5-3-4-11(14)7-13/h3-5,9-10H,6,8H2,1-2H3. The van der Waals surface area contributed by atoms with Crippen LogP contribution in [0.5, 0.6) is 0 Å². The molecule has 1 unspecified atom stereocenters. The Morgan fingerprint density at radius 3 is 2.79 bits per heavy atom. The molecule has 0 radical (unpaired) electrons. The summed E-state index contributed by atoms with van der Waals surface area (Å²) >= 11 is 3.51. The van der Waals surface area contributed by atoms with Crippen molar-refractivity contribution >= 4 is 15.9 Å². The van der Waals surface area contributed by atoms with E-state index >= 15 is 0 Å². The van der Waals surface area contributed by atoms with Crippen molar-refractivity contribution < 1.29 is 0 Å². The summed E-state index contributed by atoms with van der Waals surface area (Å²) in [5.74, 6) is 1.21. The average molecular weight is 255 g/mol. The van der Waals surface area contributed by atoms with Crippen LogP contribution in [-0.4, -0.2) is 9.90 Å². The van der Waals surface area contributed by atoms with Gasteiger partial charge in [0, 0.05) is 18.1 Å². The largest absolute Gasteiger partial charge is 0.339 e. The van der Waals surface area contributed by atoms with E-state index in [0.29, 0.717) is 11.8 Å². The molecule has 76 valence electrons. The summed E-state index contributed by atoms with van der Waals surface area (Å²) in [6.45, 7) is 5.34. The first kappa shape index (κ1) is 11.3. The average Bonchev–Trinajstić information content (AvgIpc) is 2.60. The van der Waals surface area contributed by atoms with E-state index in [1.54, 1.807) is 0 Å². The first-order valence-electron chi connectivity index (χ1n) is 4.80. The van der Waals surface area contributed by atoms with Gasteiger partial charge in [-0.15, -0.1) is 0 Å². The lowest BCUT2D eigenvalue weighted by Crippen LogP contribution is -2.18. The highest BCUT2D eigenvalue weighted by Gasteiger charge is 2.13. The van der Waals surface area contributed by atoms with E-state index in [9.17, 15) is 0 Å². The maximum absolute atomic E-state index is 8.85. The predicted octanol–water partition coefficient (Wildman–Crippen LogP) is 3.03. The molecule has 0 aromatic carbocycles. The molecule has 2 nitrogen and oxygen atoms in total. The fourth-order valence-corrected chi connectivity index (χ4v) is 2.32. The molecule has 1 aromatic heterocycles. The molecule has 1 atom stereocenters.